The highest BCUT2D eigenvalue weighted by Gasteiger charge is 2.22. The van der Waals surface area contributed by atoms with Gasteiger partial charge in [0.25, 0.3) is 5.91 Å². The van der Waals surface area contributed by atoms with Crippen LogP contribution in [0.3, 0.4) is 0 Å². The first-order valence-electron chi connectivity index (χ1n) is 10.4. The Hall–Kier alpha value is -3.96. The Morgan fingerprint density at radius 2 is 1.80 bits per heavy atom. The number of nitrogens with zero attached hydrogens (tertiary/aromatic N) is 1. The minimum atomic E-state index is -3.45. The van der Waals surface area contributed by atoms with Crippen LogP contribution in [-0.2, 0) is 14.8 Å². The van der Waals surface area contributed by atoms with Gasteiger partial charge in [0.15, 0.2) is 5.69 Å². The van der Waals surface area contributed by atoms with E-state index in [1.165, 1.54) is 17.6 Å². The Kier molecular flexibility index (Phi) is 6.99. The van der Waals surface area contributed by atoms with Crippen molar-refractivity contribution in [2.45, 2.75) is 6.92 Å². The summed E-state index contributed by atoms with van der Waals surface area (Å²) in [4.78, 5) is 30.4. The van der Waals surface area contributed by atoms with E-state index in [0.717, 1.165) is 16.7 Å². The van der Waals surface area contributed by atoms with Gasteiger partial charge in [0.05, 0.1) is 18.4 Å². The summed E-state index contributed by atoms with van der Waals surface area (Å²) in [5.41, 5.74) is 1.95. The summed E-state index contributed by atoms with van der Waals surface area (Å²) in [6.45, 7) is 1.90. The van der Waals surface area contributed by atoms with Crippen LogP contribution in [0.1, 0.15) is 27.8 Å². The first-order valence-corrected chi connectivity index (χ1v) is 13.2. The molecule has 2 aromatic heterocycles. The summed E-state index contributed by atoms with van der Waals surface area (Å²) >= 11 is 1.24. The molecule has 0 aliphatic heterocycles. The Balaban J connectivity index is 1.59. The summed E-state index contributed by atoms with van der Waals surface area (Å²) in [5, 5.41) is 3.06. The number of amides is 1. The third kappa shape index (κ3) is 5.94. The molecule has 0 saturated heterocycles. The lowest BCUT2D eigenvalue weighted by molar-refractivity contribution is 0.0528. The van der Waals surface area contributed by atoms with Crippen molar-refractivity contribution in [3.8, 4) is 21.9 Å². The van der Waals surface area contributed by atoms with Crippen molar-refractivity contribution in [2.75, 3.05) is 22.9 Å². The Morgan fingerprint density at radius 1 is 1.06 bits per heavy atom. The molecule has 2 aromatic carbocycles. The zero-order chi connectivity index (χ0) is 25.0. The number of thiophene rings is 1. The third-order valence-corrected chi connectivity index (χ3v) is 6.37. The van der Waals surface area contributed by atoms with E-state index in [9.17, 15) is 18.0 Å². The van der Waals surface area contributed by atoms with Gasteiger partial charge < -0.3 is 14.5 Å². The molecule has 2 heterocycles. The molecule has 0 bridgehead atoms. The van der Waals surface area contributed by atoms with E-state index < -0.39 is 21.9 Å². The number of aromatic nitrogens is 1. The van der Waals surface area contributed by atoms with Gasteiger partial charge in [-0.15, -0.1) is 11.3 Å². The number of carbonyl (C=O) groups excluding carboxylic acids is 2. The van der Waals surface area contributed by atoms with Crippen molar-refractivity contribution in [3.05, 3.63) is 78.2 Å². The molecule has 2 N–H and O–H groups in total. The molecule has 4 aromatic rings. The number of sulfonamides is 1. The maximum Gasteiger partial charge on any atom is 0.341 e. The van der Waals surface area contributed by atoms with Crippen LogP contribution >= 0.6 is 11.3 Å². The number of ether oxygens (including phenoxy) is 1. The van der Waals surface area contributed by atoms with E-state index in [2.05, 4.69) is 15.0 Å². The van der Waals surface area contributed by atoms with Crippen LogP contribution in [-0.4, -0.2) is 38.1 Å². The fraction of sp³-hybridized carbons (Fsp3) is 0.125. The maximum atomic E-state index is 12.9. The number of rotatable bonds is 8. The number of oxazole rings is 1. The summed E-state index contributed by atoms with van der Waals surface area (Å²) in [5.74, 6) is -0.983. The molecule has 0 saturated carbocycles. The molecule has 0 aliphatic rings. The molecule has 0 spiro atoms. The second-order valence-corrected chi connectivity index (χ2v) is 10.2. The molecule has 35 heavy (non-hydrogen) atoms. The van der Waals surface area contributed by atoms with Gasteiger partial charge in [-0.1, -0.05) is 36.4 Å². The van der Waals surface area contributed by atoms with Gasteiger partial charge in [0, 0.05) is 16.1 Å². The Bertz CT molecular complexity index is 1480. The number of anilines is 2. The van der Waals surface area contributed by atoms with E-state index in [-0.39, 0.29) is 23.8 Å². The van der Waals surface area contributed by atoms with Crippen molar-refractivity contribution >= 4 is 43.9 Å². The molecule has 0 fully saturated rings. The molecule has 4 rings (SSSR count). The highest BCUT2D eigenvalue weighted by Crippen LogP contribution is 2.36. The normalized spacial score (nSPS) is 11.1. The Labute approximate surface area is 205 Å². The number of esters is 1. The average molecular weight is 512 g/mol. The highest BCUT2D eigenvalue weighted by atomic mass is 32.2. The quantitative estimate of drug-likeness (QED) is 0.323. The number of nitrogens with one attached hydrogen (secondary N) is 2. The predicted molar refractivity (Wildman–Crippen MR) is 134 cm³/mol. The van der Waals surface area contributed by atoms with Crippen LogP contribution in [0.25, 0.3) is 21.9 Å². The minimum Gasteiger partial charge on any atom is -0.462 e. The maximum absolute atomic E-state index is 12.9. The molecular weight excluding hydrogens is 490 g/mol. The summed E-state index contributed by atoms with van der Waals surface area (Å²) < 4.78 is 36.0. The summed E-state index contributed by atoms with van der Waals surface area (Å²) in [6, 6.07) is 17.6. The molecule has 180 valence electrons. The number of hydrogen-bond acceptors (Lipinski definition) is 8. The van der Waals surface area contributed by atoms with E-state index in [1.54, 1.807) is 37.3 Å². The molecule has 11 heteroatoms. The van der Waals surface area contributed by atoms with E-state index in [0.29, 0.717) is 16.3 Å². The fourth-order valence-corrected chi connectivity index (χ4v) is 4.80. The minimum absolute atomic E-state index is 0.00838. The number of benzene rings is 2. The fourth-order valence-electron chi connectivity index (χ4n) is 3.20. The van der Waals surface area contributed by atoms with Gasteiger partial charge in [0.1, 0.15) is 11.3 Å². The van der Waals surface area contributed by atoms with Gasteiger partial charge in [-0.2, -0.15) is 0 Å². The molecule has 1 amide bonds. The standard InChI is InChI=1S/C24H21N3O6S2/c1-3-32-24(29)18-13-20(15-8-5-4-6-9-15)34-23(18)26-21(28)19-14-33-22(25-19)16-10-7-11-17(12-16)27-35(2,30)31/h4-14,27H,3H2,1-2H3,(H,26,28). The summed E-state index contributed by atoms with van der Waals surface area (Å²) in [7, 11) is -3.45. The van der Waals surface area contributed by atoms with Crippen molar-refractivity contribution in [3.63, 3.8) is 0 Å². The van der Waals surface area contributed by atoms with Crippen molar-refractivity contribution < 1.29 is 27.2 Å². The smallest absolute Gasteiger partial charge is 0.341 e. The van der Waals surface area contributed by atoms with Crippen LogP contribution in [0.2, 0.25) is 0 Å². The van der Waals surface area contributed by atoms with Gasteiger partial charge in [-0.25, -0.2) is 18.2 Å². The van der Waals surface area contributed by atoms with Crippen LogP contribution < -0.4 is 10.0 Å². The second-order valence-electron chi connectivity index (χ2n) is 7.39. The highest BCUT2D eigenvalue weighted by molar-refractivity contribution is 7.92. The van der Waals surface area contributed by atoms with Gasteiger partial charge in [-0.3, -0.25) is 9.52 Å². The predicted octanol–water partition coefficient (Wildman–Crippen LogP) is 4.87. The number of hydrogen-bond donors (Lipinski definition) is 2. The van der Waals surface area contributed by atoms with E-state index >= 15 is 0 Å². The number of carbonyl (C=O) groups is 2. The lowest BCUT2D eigenvalue weighted by Gasteiger charge is -2.05. The van der Waals surface area contributed by atoms with Crippen molar-refractivity contribution in [1.29, 1.82) is 0 Å². The van der Waals surface area contributed by atoms with Crippen LogP contribution in [0, 0.1) is 0 Å². The molecule has 0 aliphatic carbocycles. The van der Waals surface area contributed by atoms with Gasteiger partial charge in [-0.05, 0) is 36.8 Å². The van der Waals surface area contributed by atoms with Crippen LogP contribution in [0.15, 0.2) is 71.3 Å². The topological polar surface area (TPSA) is 128 Å². The zero-order valence-corrected chi connectivity index (χ0v) is 20.4. The average Bonchev–Trinajstić information content (AvgIpc) is 3.47. The zero-order valence-electron chi connectivity index (χ0n) is 18.8. The molecule has 0 radical (unpaired) electrons. The molecular formula is C24H21N3O6S2. The lowest BCUT2D eigenvalue weighted by atomic mass is 10.1. The largest absolute Gasteiger partial charge is 0.462 e. The first kappa shape index (κ1) is 24.2. The first-order chi connectivity index (χ1) is 16.7. The molecule has 9 nitrogen and oxygen atoms in total. The van der Waals surface area contributed by atoms with Crippen LogP contribution in [0.5, 0.6) is 0 Å². The van der Waals surface area contributed by atoms with Gasteiger partial charge in [0.2, 0.25) is 15.9 Å². The SMILES string of the molecule is CCOC(=O)c1cc(-c2ccccc2)sc1NC(=O)c1coc(-c2cccc(NS(C)(=O)=O)c2)n1. The molecule has 0 unspecified atom stereocenters. The molecule has 0 atom stereocenters. The lowest BCUT2D eigenvalue weighted by Crippen LogP contribution is -2.14. The van der Waals surface area contributed by atoms with E-state index in [1.807, 2.05) is 30.3 Å². The van der Waals surface area contributed by atoms with Crippen molar-refractivity contribution in [1.82, 2.24) is 4.98 Å². The Morgan fingerprint density at radius 3 is 2.51 bits per heavy atom. The summed E-state index contributed by atoms with van der Waals surface area (Å²) in [6.07, 6.45) is 2.24. The van der Waals surface area contributed by atoms with Crippen molar-refractivity contribution in [2.24, 2.45) is 0 Å². The monoisotopic (exact) mass is 511 g/mol. The van der Waals surface area contributed by atoms with E-state index in [4.69, 9.17) is 9.15 Å². The third-order valence-electron chi connectivity index (χ3n) is 4.66. The van der Waals surface area contributed by atoms with Gasteiger partial charge >= 0.3 is 5.97 Å². The second kappa shape index (κ2) is 10.1. The van der Waals surface area contributed by atoms with Crippen LogP contribution in [0.4, 0.5) is 10.7 Å².